The van der Waals surface area contributed by atoms with Crippen LogP contribution in [-0.2, 0) is 24.4 Å². The van der Waals surface area contributed by atoms with E-state index in [4.69, 9.17) is 52.9 Å². The van der Waals surface area contributed by atoms with Crippen LogP contribution in [-0.4, -0.2) is 72.1 Å². The molecule has 55 heavy (non-hydrogen) atoms. The summed E-state index contributed by atoms with van der Waals surface area (Å²) in [6.45, 7) is 2.91. The van der Waals surface area contributed by atoms with E-state index in [0.29, 0.717) is 48.4 Å². The van der Waals surface area contributed by atoms with Crippen molar-refractivity contribution in [1.82, 2.24) is 0 Å². The van der Waals surface area contributed by atoms with Crippen molar-refractivity contribution in [2.75, 3.05) is 51.1 Å². The van der Waals surface area contributed by atoms with Crippen molar-refractivity contribution in [2.24, 2.45) is 0 Å². The molecule has 0 spiro atoms. The van der Waals surface area contributed by atoms with Crippen molar-refractivity contribution in [3.05, 3.63) is 144 Å². The highest BCUT2D eigenvalue weighted by Gasteiger charge is 2.46. The predicted octanol–water partition coefficient (Wildman–Crippen LogP) is 9.98. The van der Waals surface area contributed by atoms with Crippen LogP contribution in [0.1, 0.15) is 22.3 Å². The van der Waals surface area contributed by atoms with E-state index >= 15 is 0 Å². The number of hydrogen-bond donors (Lipinski definition) is 0. The van der Waals surface area contributed by atoms with Gasteiger partial charge in [0.2, 0.25) is 8.77 Å². The molecular formula is C45H38O6S4. The van der Waals surface area contributed by atoms with Crippen LogP contribution in [0.3, 0.4) is 0 Å². The third-order valence-electron chi connectivity index (χ3n) is 10.3. The molecule has 2 atom stereocenters. The summed E-state index contributed by atoms with van der Waals surface area (Å²) in [4.78, 5) is 0. The maximum Gasteiger partial charge on any atom is 0.220 e. The van der Waals surface area contributed by atoms with Gasteiger partial charge < -0.3 is 28.4 Å². The zero-order valence-electron chi connectivity index (χ0n) is 29.9. The topological polar surface area (TPSA) is 55.4 Å². The standard InChI is InChI=1S/C45H38O6S4/c52-43-50-37(27-54-43)25-46-17-19-48-35-15-11-29-21-33(13-9-31(29)23-35)45(41-7-3-1-5-39(41)40-6-2-4-8-42(40)45)34-14-10-32-24-36(16-12-30(32)22-34)49-20-18-47-26-38-28-55-44(53)51-38/h1-16,21-24,37-38H,17-20,25-28H2. The molecule has 0 saturated carbocycles. The highest BCUT2D eigenvalue weighted by Crippen LogP contribution is 2.56. The van der Waals surface area contributed by atoms with Gasteiger partial charge in [-0.25, -0.2) is 0 Å². The first kappa shape index (κ1) is 36.5. The molecule has 3 aliphatic rings. The summed E-state index contributed by atoms with van der Waals surface area (Å²) in [5, 5.41) is 4.54. The summed E-state index contributed by atoms with van der Waals surface area (Å²) in [5.41, 5.74) is 6.99. The summed E-state index contributed by atoms with van der Waals surface area (Å²) in [6.07, 6.45) is 0.0473. The fourth-order valence-corrected chi connectivity index (χ4v) is 9.94. The summed E-state index contributed by atoms with van der Waals surface area (Å²) in [7, 11) is 0. The maximum absolute atomic E-state index is 6.10. The molecule has 0 N–H and O–H groups in total. The number of benzene rings is 6. The van der Waals surface area contributed by atoms with Crippen molar-refractivity contribution in [2.45, 2.75) is 17.6 Å². The smallest absolute Gasteiger partial charge is 0.220 e. The first-order valence-corrected chi connectivity index (χ1v) is 21.2. The number of hydrogen-bond acceptors (Lipinski definition) is 10. The molecule has 2 saturated heterocycles. The molecule has 0 radical (unpaired) electrons. The minimum atomic E-state index is -0.523. The van der Waals surface area contributed by atoms with E-state index in [0.717, 1.165) is 44.5 Å². The van der Waals surface area contributed by atoms with E-state index in [-0.39, 0.29) is 12.2 Å². The lowest BCUT2D eigenvalue weighted by Gasteiger charge is -2.34. The van der Waals surface area contributed by atoms with Gasteiger partial charge in [-0.3, -0.25) is 0 Å². The molecule has 0 bridgehead atoms. The van der Waals surface area contributed by atoms with Gasteiger partial charge in [0.15, 0.2) is 0 Å². The van der Waals surface area contributed by atoms with Gasteiger partial charge in [-0.2, -0.15) is 0 Å². The van der Waals surface area contributed by atoms with Crippen LogP contribution in [0.4, 0.5) is 0 Å². The Morgan fingerprint density at radius 1 is 0.527 bits per heavy atom. The summed E-state index contributed by atoms with van der Waals surface area (Å²) >= 11 is 13.3. The molecule has 1 aliphatic carbocycles. The molecule has 0 aromatic heterocycles. The van der Waals surface area contributed by atoms with Crippen LogP contribution in [0.25, 0.3) is 32.7 Å². The highest BCUT2D eigenvalue weighted by molar-refractivity contribution is 8.23. The molecule has 0 amide bonds. The average molecular weight is 803 g/mol. The van der Waals surface area contributed by atoms with Crippen molar-refractivity contribution in [3.63, 3.8) is 0 Å². The third kappa shape index (κ3) is 7.44. The van der Waals surface area contributed by atoms with Gasteiger partial charge in [-0.05, 0) is 116 Å². The molecule has 2 fully saturated rings. The zero-order valence-corrected chi connectivity index (χ0v) is 33.2. The van der Waals surface area contributed by atoms with Gasteiger partial charge in [-0.15, -0.1) is 0 Å². The Kier molecular flexibility index (Phi) is 10.7. The zero-order chi connectivity index (χ0) is 37.2. The van der Waals surface area contributed by atoms with Gasteiger partial charge in [-0.1, -0.05) is 108 Å². The van der Waals surface area contributed by atoms with Gasteiger partial charge in [0.25, 0.3) is 0 Å². The monoisotopic (exact) mass is 802 g/mol. The Hall–Kier alpha value is -4.16. The summed E-state index contributed by atoms with van der Waals surface area (Å²) in [6, 6.07) is 44.0. The third-order valence-corrected chi connectivity index (χ3v) is 13.0. The molecular weight excluding hydrogens is 765 g/mol. The number of ether oxygens (including phenoxy) is 6. The SMILES string of the molecule is S=C1OC(COCCOc2ccc3cc(C4(c5ccc6cc(OCCOCC7CSC(=S)O7)ccc6c5)c5ccccc5-c5ccccc54)ccc3c2)CS1. The van der Waals surface area contributed by atoms with Crippen molar-refractivity contribution < 1.29 is 28.4 Å². The van der Waals surface area contributed by atoms with Crippen molar-refractivity contribution in [3.8, 4) is 22.6 Å². The maximum atomic E-state index is 6.10. The lowest BCUT2D eigenvalue weighted by Crippen LogP contribution is -2.28. The summed E-state index contributed by atoms with van der Waals surface area (Å²) < 4.78 is 36.1. The Balaban J connectivity index is 0.980. The first-order chi connectivity index (χ1) is 27.0. The van der Waals surface area contributed by atoms with Gasteiger partial charge in [0, 0.05) is 11.5 Å². The van der Waals surface area contributed by atoms with Gasteiger partial charge in [0.05, 0.1) is 31.8 Å². The Labute approximate surface area is 339 Å². The minimum absolute atomic E-state index is 0.0236. The largest absolute Gasteiger partial charge is 0.491 e. The van der Waals surface area contributed by atoms with Crippen LogP contribution >= 0.6 is 48.0 Å². The number of rotatable bonds is 14. The molecule has 6 aromatic carbocycles. The van der Waals surface area contributed by atoms with Crippen LogP contribution in [0, 0.1) is 0 Å². The first-order valence-electron chi connectivity index (χ1n) is 18.4. The van der Waals surface area contributed by atoms with Gasteiger partial charge >= 0.3 is 0 Å². The number of thiocarbonyl (C=S) groups is 2. The second kappa shape index (κ2) is 16.1. The van der Waals surface area contributed by atoms with Gasteiger partial charge in [0.1, 0.15) is 36.9 Å². The fourth-order valence-electron chi connectivity index (χ4n) is 7.88. The molecule has 278 valence electrons. The minimum Gasteiger partial charge on any atom is -0.491 e. The predicted molar refractivity (Wildman–Crippen MR) is 231 cm³/mol. The second-order valence-electron chi connectivity index (χ2n) is 13.7. The van der Waals surface area contributed by atoms with E-state index in [1.54, 1.807) is 23.5 Å². The van der Waals surface area contributed by atoms with Crippen LogP contribution in [0.15, 0.2) is 121 Å². The van der Waals surface area contributed by atoms with Crippen molar-refractivity contribution >= 4 is 78.3 Å². The molecule has 6 nitrogen and oxygen atoms in total. The van der Waals surface area contributed by atoms with E-state index in [9.17, 15) is 0 Å². The lowest BCUT2D eigenvalue weighted by atomic mass is 9.67. The summed E-state index contributed by atoms with van der Waals surface area (Å²) in [5.74, 6) is 3.31. The highest BCUT2D eigenvalue weighted by atomic mass is 32.2. The average Bonchev–Trinajstić information content (AvgIpc) is 3.92. The normalized spacial score (nSPS) is 18.3. The van der Waals surface area contributed by atoms with Crippen LogP contribution < -0.4 is 9.47 Å². The lowest BCUT2D eigenvalue weighted by molar-refractivity contribution is 0.0460. The number of thioether (sulfide) groups is 2. The van der Waals surface area contributed by atoms with Crippen LogP contribution in [0.2, 0.25) is 0 Å². The van der Waals surface area contributed by atoms with E-state index < -0.39 is 5.41 Å². The van der Waals surface area contributed by atoms with E-state index in [1.807, 2.05) is 12.1 Å². The Morgan fingerprint density at radius 2 is 0.964 bits per heavy atom. The quantitative estimate of drug-likeness (QED) is 0.0785. The Morgan fingerprint density at radius 3 is 1.42 bits per heavy atom. The van der Waals surface area contributed by atoms with E-state index in [2.05, 4.69) is 109 Å². The molecule has 2 aliphatic heterocycles. The molecule has 6 aromatic rings. The Bertz CT molecular complexity index is 2230. The number of fused-ring (bicyclic) bond motifs is 5. The second-order valence-corrected chi connectivity index (χ2v) is 17.0. The fraction of sp³-hybridized carbons (Fsp3) is 0.244. The molecule has 10 heteroatoms. The molecule has 2 heterocycles. The molecule has 2 unspecified atom stereocenters. The van der Waals surface area contributed by atoms with E-state index in [1.165, 1.54) is 33.4 Å². The van der Waals surface area contributed by atoms with Crippen molar-refractivity contribution in [1.29, 1.82) is 0 Å². The van der Waals surface area contributed by atoms with Crippen LogP contribution in [0.5, 0.6) is 11.5 Å². The molecule has 9 rings (SSSR count).